The van der Waals surface area contributed by atoms with Crippen molar-refractivity contribution in [3.8, 4) is 0 Å². The first-order valence-electron chi connectivity index (χ1n) is 7.19. The fraction of sp³-hybridized carbons (Fsp3) is 0.643. The lowest BCUT2D eigenvalue weighted by molar-refractivity contribution is -0.135. The largest absolute Gasteiger partial charge is 0.383 e. The minimum atomic E-state index is -1.92. The zero-order valence-electron chi connectivity index (χ0n) is 12.8. The second-order valence-electron chi connectivity index (χ2n) is 5.43. The highest BCUT2D eigenvalue weighted by molar-refractivity contribution is 5.92. The molecule has 1 N–H and O–H groups in total. The number of alkyl halides is 1. The summed E-state index contributed by atoms with van der Waals surface area (Å²) >= 11 is 0. The average molecular weight is 312 g/mol. The number of aryl methyl sites for hydroxylation is 1. The van der Waals surface area contributed by atoms with Crippen molar-refractivity contribution in [2.75, 3.05) is 33.4 Å². The van der Waals surface area contributed by atoms with Crippen LogP contribution in [0.15, 0.2) is 12.5 Å². The standard InChI is InChI=1S/C14H21FN4O3/c1-18-9-11(17-10-18)12(20)19-6-3-14(15,4-7-19)13(21)16-5-8-22-2/h9-10H,3-8H2,1-2H3,(H,16,21). The van der Waals surface area contributed by atoms with E-state index in [0.717, 1.165) is 0 Å². The molecule has 0 radical (unpaired) electrons. The van der Waals surface area contributed by atoms with Crippen LogP contribution in [-0.2, 0) is 16.6 Å². The molecule has 0 aromatic carbocycles. The van der Waals surface area contributed by atoms with Crippen molar-refractivity contribution in [2.45, 2.75) is 18.5 Å². The summed E-state index contributed by atoms with van der Waals surface area (Å²) in [6.07, 6.45) is 3.14. The number of carbonyl (C=O) groups is 2. The molecule has 2 heterocycles. The van der Waals surface area contributed by atoms with Crippen molar-refractivity contribution < 1.29 is 18.7 Å². The summed E-state index contributed by atoms with van der Waals surface area (Å²) in [4.78, 5) is 29.6. The average Bonchev–Trinajstić information content (AvgIpc) is 2.94. The number of aromatic nitrogens is 2. The molecule has 1 aliphatic heterocycles. The number of imidazole rings is 1. The number of piperidine rings is 1. The Balaban J connectivity index is 1.89. The van der Waals surface area contributed by atoms with E-state index in [0.29, 0.717) is 12.3 Å². The Bertz CT molecular complexity index is 538. The zero-order chi connectivity index (χ0) is 16.2. The highest BCUT2D eigenvalue weighted by Gasteiger charge is 2.42. The van der Waals surface area contributed by atoms with Gasteiger partial charge in [0.1, 0.15) is 5.69 Å². The third-order valence-corrected chi connectivity index (χ3v) is 3.77. The minimum absolute atomic E-state index is 0.00953. The number of hydrogen-bond acceptors (Lipinski definition) is 4. The van der Waals surface area contributed by atoms with E-state index in [1.165, 1.54) is 12.0 Å². The molecule has 8 heteroatoms. The van der Waals surface area contributed by atoms with Crippen LogP contribution in [-0.4, -0.2) is 65.3 Å². The van der Waals surface area contributed by atoms with Gasteiger partial charge in [0.25, 0.3) is 11.8 Å². The topological polar surface area (TPSA) is 76.5 Å². The smallest absolute Gasteiger partial charge is 0.274 e. The number of halogens is 1. The van der Waals surface area contributed by atoms with Crippen LogP contribution in [0.3, 0.4) is 0 Å². The number of nitrogens with zero attached hydrogens (tertiary/aromatic N) is 3. The highest BCUT2D eigenvalue weighted by atomic mass is 19.1. The van der Waals surface area contributed by atoms with E-state index in [-0.39, 0.29) is 38.4 Å². The molecule has 122 valence electrons. The summed E-state index contributed by atoms with van der Waals surface area (Å²) in [6.45, 7) is 1.01. The van der Waals surface area contributed by atoms with E-state index in [4.69, 9.17) is 4.74 Å². The maximum Gasteiger partial charge on any atom is 0.274 e. The van der Waals surface area contributed by atoms with Crippen molar-refractivity contribution in [3.05, 3.63) is 18.2 Å². The number of methoxy groups -OCH3 is 1. The zero-order valence-corrected chi connectivity index (χ0v) is 12.8. The fourth-order valence-corrected chi connectivity index (χ4v) is 2.40. The molecule has 1 fully saturated rings. The van der Waals surface area contributed by atoms with Gasteiger partial charge in [-0.25, -0.2) is 9.37 Å². The number of likely N-dealkylation sites (tertiary alicyclic amines) is 1. The molecular formula is C14H21FN4O3. The van der Waals surface area contributed by atoms with Gasteiger partial charge >= 0.3 is 0 Å². The van der Waals surface area contributed by atoms with Gasteiger partial charge in [-0.1, -0.05) is 0 Å². The van der Waals surface area contributed by atoms with Gasteiger partial charge in [-0.2, -0.15) is 0 Å². The van der Waals surface area contributed by atoms with Crippen LogP contribution >= 0.6 is 0 Å². The lowest BCUT2D eigenvalue weighted by Gasteiger charge is -2.35. The predicted molar refractivity (Wildman–Crippen MR) is 77.1 cm³/mol. The molecule has 0 saturated carbocycles. The number of ether oxygens (including phenoxy) is 1. The summed E-state index contributed by atoms with van der Waals surface area (Å²) in [5, 5.41) is 2.51. The molecule has 1 aromatic heterocycles. The molecular weight excluding hydrogens is 291 g/mol. The molecule has 0 unspecified atom stereocenters. The van der Waals surface area contributed by atoms with Gasteiger partial charge in [-0.05, 0) is 0 Å². The Kier molecular flexibility index (Phi) is 5.12. The first-order valence-corrected chi connectivity index (χ1v) is 7.19. The van der Waals surface area contributed by atoms with Crippen molar-refractivity contribution in [2.24, 2.45) is 7.05 Å². The van der Waals surface area contributed by atoms with Crippen LogP contribution in [0.25, 0.3) is 0 Å². The maximum absolute atomic E-state index is 14.6. The molecule has 1 aromatic rings. The van der Waals surface area contributed by atoms with Crippen LogP contribution in [0.1, 0.15) is 23.3 Å². The van der Waals surface area contributed by atoms with Crippen molar-refractivity contribution in [1.29, 1.82) is 0 Å². The van der Waals surface area contributed by atoms with Gasteiger partial charge in [0.15, 0.2) is 5.67 Å². The van der Waals surface area contributed by atoms with Gasteiger partial charge in [0.2, 0.25) is 0 Å². The van der Waals surface area contributed by atoms with Crippen LogP contribution in [0.2, 0.25) is 0 Å². The molecule has 7 nitrogen and oxygen atoms in total. The number of hydrogen-bond donors (Lipinski definition) is 1. The quantitative estimate of drug-likeness (QED) is 0.784. The Morgan fingerprint density at radius 1 is 1.45 bits per heavy atom. The SMILES string of the molecule is COCCNC(=O)C1(F)CCN(C(=O)c2cn(C)cn2)CC1. The molecule has 2 amide bonds. The van der Waals surface area contributed by atoms with Crippen LogP contribution < -0.4 is 5.32 Å². The van der Waals surface area contributed by atoms with Crippen molar-refractivity contribution in [1.82, 2.24) is 19.8 Å². The van der Waals surface area contributed by atoms with Crippen LogP contribution in [0, 0.1) is 0 Å². The molecule has 0 bridgehead atoms. The first kappa shape index (κ1) is 16.4. The van der Waals surface area contributed by atoms with E-state index < -0.39 is 11.6 Å². The third-order valence-electron chi connectivity index (χ3n) is 3.77. The Morgan fingerprint density at radius 2 is 2.14 bits per heavy atom. The summed E-state index contributed by atoms with van der Waals surface area (Å²) in [5.41, 5.74) is -1.59. The van der Waals surface area contributed by atoms with E-state index >= 15 is 0 Å². The molecule has 22 heavy (non-hydrogen) atoms. The number of rotatable bonds is 5. The summed E-state index contributed by atoms with van der Waals surface area (Å²) in [5.74, 6) is -0.864. The predicted octanol–water partition coefficient (Wildman–Crippen LogP) is 0.127. The molecule has 2 rings (SSSR count). The normalized spacial score (nSPS) is 17.3. The number of amides is 2. The van der Waals surface area contributed by atoms with Crippen molar-refractivity contribution in [3.63, 3.8) is 0 Å². The second-order valence-corrected chi connectivity index (χ2v) is 5.43. The van der Waals surface area contributed by atoms with Crippen molar-refractivity contribution >= 4 is 11.8 Å². The Labute approximate surface area is 128 Å². The minimum Gasteiger partial charge on any atom is -0.383 e. The van der Waals surface area contributed by atoms with Gasteiger partial charge < -0.3 is 19.5 Å². The number of nitrogens with one attached hydrogen (secondary N) is 1. The second kappa shape index (κ2) is 6.87. The molecule has 1 aliphatic rings. The van der Waals surface area contributed by atoms with E-state index in [1.807, 2.05) is 0 Å². The van der Waals surface area contributed by atoms with Crippen LogP contribution in [0.5, 0.6) is 0 Å². The summed E-state index contributed by atoms with van der Waals surface area (Å²) in [7, 11) is 3.29. The fourth-order valence-electron chi connectivity index (χ4n) is 2.40. The lowest BCUT2D eigenvalue weighted by Crippen LogP contribution is -2.52. The molecule has 0 aliphatic carbocycles. The van der Waals surface area contributed by atoms with Gasteiger partial charge in [0.05, 0.1) is 12.9 Å². The van der Waals surface area contributed by atoms with E-state index in [9.17, 15) is 14.0 Å². The molecule has 0 spiro atoms. The third kappa shape index (κ3) is 3.62. The van der Waals surface area contributed by atoms with Gasteiger partial charge in [-0.15, -0.1) is 0 Å². The van der Waals surface area contributed by atoms with Gasteiger partial charge in [0, 0.05) is 52.8 Å². The van der Waals surface area contributed by atoms with Crippen LogP contribution in [0.4, 0.5) is 4.39 Å². The maximum atomic E-state index is 14.6. The number of carbonyl (C=O) groups excluding carboxylic acids is 2. The van der Waals surface area contributed by atoms with Gasteiger partial charge in [-0.3, -0.25) is 9.59 Å². The summed E-state index contributed by atoms with van der Waals surface area (Å²) in [6, 6.07) is 0. The first-order chi connectivity index (χ1) is 10.5. The van der Waals surface area contributed by atoms with E-state index in [1.54, 1.807) is 24.1 Å². The lowest BCUT2D eigenvalue weighted by atomic mass is 9.92. The Morgan fingerprint density at radius 3 is 2.68 bits per heavy atom. The summed E-state index contributed by atoms with van der Waals surface area (Å²) < 4.78 is 21.1. The Hall–Kier alpha value is -1.96. The monoisotopic (exact) mass is 312 g/mol. The molecule has 0 atom stereocenters. The molecule has 1 saturated heterocycles. The highest BCUT2D eigenvalue weighted by Crippen LogP contribution is 2.27. The van der Waals surface area contributed by atoms with E-state index in [2.05, 4.69) is 10.3 Å².